The lowest BCUT2D eigenvalue weighted by atomic mass is 9.97. The fourth-order valence-electron chi connectivity index (χ4n) is 2.06. The number of nitrogens with one attached hydrogen (secondary N) is 1. The monoisotopic (exact) mass is 197 g/mol. The van der Waals surface area contributed by atoms with Gasteiger partial charge < -0.3 is 16.0 Å². The number of piperidine rings is 1. The van der Waals surface area contributed by atoms with Gasteiger partial charge in [0.15, 0.2) is 0 Å². The minimum absolute atomic E-state index is 0.182. The summed E-state index contributed by atoms with van der Waals surface area (Å²) >= 11 is 0. The number of rotatable bonds is 2. The number of carbonyl (C=O) groups is 1. The Kier molecular flexibility index (Phi) is 2.74. The lowest BCUT2D eigenvalue weighted by Crippen LogP contribution is -2.42. The van der Waals surface area contributed by atoms with Gasteiger partial charge in [-0.15, -0.1) is 0 Å². The van der Waals surface area contributed by atoms with Crippen LogP contribution in [0.15, 0.2) is 0 Å². The van der Waals surface area contributed by atoms with Crippen LogP contribution in [-0.4, -0.2) is 43.0 Å². The highest BCUT2D eigenvalue weighted by molar-refractivity contribution is 5.79. The zero-order valence-electron chi connectivity index (χ0n) is 8.70. The highest BCUT2D eigenvalue weighted by atomic mass is 16.2. The van der Waals surface area contributed by atoms with Crippen molar-refractivity contribution in [1.29, 1.82) is 0 Å². The maximum absolute atomic E-state index is 11.7. The van der Waals surface area contributed by atoms with Gasteiger partial charge in [-0.3, -0.25) is 4.79 Å². The number of nitrogens with two attached hydrogens (primary N) is 1. The van der Waals surface area contributed by atoms with E-state index in [0.717, 1.165) is 32.4 Å². The number of amides is 1. The largest absolute Gasteiger partial charge is 0.351 e. The molecule has 0 aromatic heterocycles. The second-order valence-electron chi connectivity index (χ2n) is 4.62. The summed E-state index contributed by atoms with van der Waals surface area (Å²) in [5.74, 6) is 0.385. The molecule has 0 aromatic carbocycles. The van der Waals surface area contributed by atoms with E-state index in [1.165, 1.54) is 0 Å². The van der Waals surface area contributed by atoms with Crippen molar-refractivity contribution in [3.63, 3.8) is 0 Å². The molecular weight excluding hydrogens is 178 g/mol. The third-order valence-electron chi connectivity index (χ3n) is 3.16. The van der Waals surface area contributed by atoms with Crippen molar-refractivity contribution in [2.24, 2.45) is 11.7 Å². The number of likely N-dealkylation sites (tertiary alicyclic amines) is 1. The molecule has 0 radical (unpaired) electrons. The van der Waals surface area contributed by atoms with Gasteiger partial charge in [0.25, 0.3) is 0 Å². The van der Waals surface area contributed by atoms with Gasteiger partial charge in [0.1, 0.15) is 0 Å². The van der Waals surface area contributed by atoms with Gasteiger partial charge in [-0.05, 0) is 32.9 Å². The molecule has 1 aliphatic carbocycles. The van der Waals surface area contributed by atoms with E-state index >= 15 is 0 Å². The lowest BCUT2D eigenvalue weighted by Gasteiger charge is -2.28. The number of nitrogens with zero attached hydrogens (tertiary/aromatic N) is 1. The normalized spacial score (nSPS) is 38.0. The summed E-state index contributed by atoms with van der Waals surface area (Å²) in [5.41, 5.74) is 5.65. The van der Waals surface area contributed by atoms with Crippen LogP contribution in [0.2, 0.25) is 0 Å². The summed E-state index contributed by atoms with van der Waals surface area (Å²) in [5, 5.41) is 3.00. The second kappa shape index (κ2) is 3.87. The molecule has 80 valence electrons. The first-order valence-electron chi connectivity index (χ1n) is 5.41. The number of carbonyl (C=O) groups excluding carboxylic acids is 1. The highest BCUT2D eigenvalue weighted by Gasteiger charge is 2.36. The highest BCUT2D eigenvalue weighted by Crippen LogP contribution is 2.20. The first kappa shape index (κ1) is 9.93. The van der Waals surface area contributed by atoms with Crippen molar-refractivity contribution in [2.45, 2.75) is 31.3 Å². The molecule has 1 saturated heterocycles. The predicted octanol–water partition coefficient (Wildman–Crippen LogP) is -0.456. The molecule has 2 aliphatic rings. The Morgan fingerprint density at radius 2 is 2.29 bits per heavy atom. The summed E-state index contributed by atoms with van der Waals surface area (Å²) in [6, 6.07) is 0.468. The topological polar surface area (TPSA) is 58.4 Å². The van der Waals surface area contributed by atoms with Crippen molar-refractivity contribution in [1.82, 2.24) is 10.2 Å². The van der Waals surface area contributed by atoms with E-state index in [4.69, 9.17) is 5.73 Å². The molecule has 3 N–H and O–H groups in total. The van der Waals surface area contributed by atoms with Gasteiger partial charge in [0, 0.05) is 18.6 Å². The molecule has 3 unspecified atom stereocenters. The van der Waals surface area contributed by atoms with Gasteiger partial charge in [0.05, 0.1) is 5.92 Å². The molecule has 0 spiro atoms. The molecule has 2 rings (SSSR count). The van der Waals surface area contributed by atoms with Gasteiger partial charge >= 0.3 is 0 Å². The van der Waals surface area contributed by atoms with Crippen molar-refractivity contribution < 1.29 is 4.79 Å². The van der Waals surface area contributed by atoms with E-state index in [1.54, 1.807) is 0 Å². The van der Waals surface area contributed by atoms with Crippen LogP contribution in [0.4, 0.5) is 0 Å². The Balaban J connectivity index is 1.78. The standard InChI is InChI=1S/C10H19N3O/c1-13-4-2-3-7(6-13)10(14)12-9-5-8(9)11/h7-9H,2-6,11H2,1H3,(H,12,14). The van der Waals surface area contributed by atoms with Gasteiger partial charge in [0.2, 0.25) is 5.91 Å². The predicted molar refractivity (Wildman–Crippen MR) is 54.7 cm³/mol. The third kappa shape index (κ3) is 2.25. The molecule has 1 aliphatic heterocycles. The molecule has 3 atom stereocenters. The second-order valence-corrected chi connectivity index (χ2v) is 4.62. The van der Waals surface area contributed by atoms with E-state index in [-0.39, 0.29) is 23.9 Å². The van der Waals surface area contributed by atoms with Crippen molar-refractivity contribution in [3.05, 3.63) is 0 Å². The first-order chi connectivity index (χ1) is 6.66. The van der Waals surface area contributed by atoms with Crippen molar-refractivity contribution >= 4 is 5.91 Å². The molecule has 1 saturated carbocycles. The van der Waals surface area contributed by atoms with E-state index in [1.807, 2.05) is 0 Å². The molecule has 2 fully saturated rings. The van der Waals surface area contributed by atoms with Gasteiger partial charge in [-0.1, -0.05) is 0 Å². The van der Waals surface area contributed by atoms with Crippen LogP contribution in [0.1, 0.15) is 19.3 Å². The van der Waals surface area contributed by atoms with Crippen LogP contribution >= 0.6 is 0 Å². The molecule has 4 heteroatoms. The van der Waals surface area contributed by atoms with Crippen LogP contribution in [0.3, 0.4) is 0 Å². The summed E-state index contributed by atoms with van der Waals surface area (Å²) in [6.45, 7) is 2.01. The average Bonchev–Trinajstić information content (AvgIpc) is 2.81. The van der Waals surface area contributed by atoms with E-state index in [0.29, 0.717) is 0 Å². The minimum Gasteiger partial charge on any atom is -0.351 e. The number of hydrogen-bond donors (Lipinski definition) is 2. The summed E-state index contributed by atoms with van der Waals surface area (Å²) in [6.07, 6.45) is 3.11. The minimum atomic E-state index is 0.182. The Morgan fingerprint density at radius 3 is 2.86 bits per heavy atom. The van der Waals surface area contributed by atoms with Crippen LogP contribution in [0.25, 0.3) is 0 Å². The summed E-state index contributed by atoms with van der Waals surface area (Å²) < 4.78 is 0. The molecule has 1 amide bonds. The Morgan fingerprint density at radius 1 is 1.57 bits per heavy atom. The Hall–Kier alpha value is -0.610. The SMILES string of the molecule is CN1CCCC(C(=O)NC2CC2N)C1. The molecule has 0 bridgehead atoms. The number of hydrogen-bond acceptors (Lipinski definition) is 3. The van der Waals surface area contributed by atoms with E-state index in [2.05, 4.69) is 17.3 Å². The third-order valence-corrected chi connectivity index (χ3v) is 3.16. The molecule has 4 nitrogen and oxygen atoms in total. The molecule has 0 aromatic rings. The Labute approximate surface area is 84.8 Å². The Bertz CT molecular complexity index is 231. The summed E-state index contributed by atoms with van der Waals surface area (Å²) in [7, 11) is 2.07. The van der Waals surface area contributed by atoms with E-state index < -0.39 is 0 Å². The summed E-state index contributed by atoms with van der Waals surface area (Å²) in [4.78, 5) is 14.0. The van der Waals surface area contributed by atoms with Crippen molar-refractivity contribution in [3.8, 4) is 0 Å². The van der Waals surface area contributed by atoms with Crippen LogP contribution in [-0.2, 0) is 4.79 Å². The molecule has 14 heavy (non-hydrogen) atoms. The van der Waals surface area contributed by atoms with Gasteiger partial charge in [-0.2, -0.15) is 0 Å². The first-order valence-corrected chi connectivity index (χ1v) is 5.41. The van der Waals surface area contributed by atoms with Crippen LogP contribution in [0.5, 0.6) is 0 Å². The fraction of sp³-hybridized carbons (Fsp3) is 0.900. The molecule has 1 heterocycles. The maximum Gasteiger partial charge on any atom is 0.224 e. The van der Waals surface area contributed by atoms with Crippen LogP contribution < -0.4 is 11.1 Å². The van der Waals surface area contributed by atoms with Crippen LogP contribution in [0, 0.1) is 5.92 Å². The smallest absolute Gasteiger partial charge is 0.224 e. The quantitative estimate of drug-likeness (QED) is 0.630. The maximum atomic E-state index is 11.7. The van der Waals surface area contributed by atoms with Crippen molar-refractivity contribution in [2.75, 3.05) is 20.1 Å². The van der Waals surface area contributed by atoms with Gasteiger partial charge in [-0.25, -0.2) is 0 Å². The zero-order chi connectivity index (χ0) is 10.1. The lowest BCUT2D eigenvalue weighted by molar-refractivity contribution is -0.126. The molecular formula is C10H19N3O. The fourth-order valence-corrected chi connectivity index (χ4v) is 2.06. The zero-order valence-corrected chi connectivity index (χ0v) is 8.70. The van der Waals surface area contributed by atoms with E-state index in [9.17, 15) is 4.79 Å². The average molecular weight is 197 g/mol.